The van der Waals surface area contributed by atoms with Crippen LogP contribution in [0.25, 0.3) is 0 Å². The van der Waals surface area contributed by atoms with Gasteiger partial charge in [0.15, 0.2) is 0 Å². The summed E-state index contributed by atoms with van der Waals surface area (Å²) < 4.78 is 1.86. The van der Waals surface area contributed by atoms with Crippen molar-refractivity contribution in [2.75, 3.05) is 6.54 Å². The molecule has 0 saturated carbocycles. The SMILES string of the molecule is C#CCC(NCC)c1cn(C)nc1CC. The number of rotatable bonds is 5. The average Bonchev–Trinajstić information content (AvgIpc) is 2.59. The first-order valence-electron chi connectivity index (χ1n) is 5.42. The van der Waals surface area contributed by atoms with Crippen LogP contribution in [0.5, 0.6) is 0 Å². The Morgan fingerprint density at radius 2 is 2.33 bits per heavy atom. The van der Waals surface area contributed by atoms with Gasteiger partial charge in [0.25, 0.3) is 0 Å². The van der Waals surface area contributed by atoms with Gasteiger partial charge in [0.1, 0.15) is 0 Å². The fourth-order valence-corrected chi connectivity index (χ4v) is 1.78. The zero-order valence-corrected chi connectivity index (χ0v) is 9.75. The van der Waals surface area contributed by atoms with Crippen molar-refractivity contribution in [1.29, 1.82) is 0 Å². The lowest BCUT2D eigenvalue weighted by Gasteiger charge is -2.14. The molecule has 0 spiro atoms. The van der Waals surface area contributed by atoms with Crippen molar-refractivity contribution < 1.29 is 0 Å². The van der Waals surface area contributed by atoms with Gasteiger partial charge in [-0.2, -0.15) is 5.10 Å². The summed E-state index contributed by atoms with van der Waals surface area (Å²) in [6, 6.07) is 0.239. The van der Waals surface area contributed by atoms with E-state index in [1.807, 2.05) is 11.7 Å². The fourth-order valence-electron chi connectivity index (χ4n) is 1.78. The van der Waals surface area contributed by atoms with Crippen LogP contribution >= 0.6 is 0 Å². The number of nitrogens with zero attached hydrogens (tertiary/aromatic N) is 2. The van der Waals surface area contributed by atoms with E-state index in [9.17, 15) is 0 Å². The number of terminal acetylenes is 1. The molecule has 1 aromatic heterocycles. The number of aryl methyl sites for hydroxylation is 2. The highest BCUT2D eigenvalue weighted by molar-refractivity contribution is 5.23. The third kappa shape index (κ3) is 2.84. The molecule has 3 nitrogen and oxygen atoms in total. The second-order valence-corrected chi connectivity index (χ2v) is 3.58. The first kappa shape index (κ1) is 11.8. The van der Waals surface area contributed by atoms with E-state index in [0.717, 1.165) is 18.7 Å². The summed E-state index contributed by atoms with van der Waals surface area (Å²) in [5.74, 6) is 2.71. The summed E-state index contributed by atoms with van der Waals surface area (Å²) in [4.78, 5) is 0. The largest absolute Gasteiger partial charge is 0.309 e. The van der Waals surface area contributed by atoms with Crippen LogP contribution in [0.1, 0.15) is 37.6 Å². The minimum absolute atomic E-state index is 0.239. The molecule has 1 N–H and O–H groups in total. The first-order chi connectivity index (χ1) is 7.22. The van der Waals surface area contributed by atoms with Gasteiger partial charge in [0.2, 0.25) is 0 Å². The van der Waals surface area contributed by atoms with Gasteiger partial charge in [-0.25, -0.2) is 0 Å². The lowest BCUT2D eigenvalue weighted by molar-refractivity contribution is 0.561. The molecule has 0 amide bonds. The van der Waals surface area contributed by atoms with E-state index in [2.05, 4.69) is 36.4 Å². The van der Waals surface area contributed by atoms with Crippen molar-refractivity contribution >= 4 is 0 Å². The van der Waals surface area contributed by atoms with Gasteiger partial charge in [-0.15, -0.1) is 12.3 Å². The summed E-state index contributed by atoms with van der Waals surface area (Å²) in [6.45, 7) is 5.13. The van der Waals surface area contributed by atoms with Crippen LogP contribution < -0.4 is 5.32 Å². The Labute approximate surface area is 91.9 Å². The van der Waals surface area contributed by atoms with Crippen molar-refractivity contribution in [3.63, 3.8) is 0 Å². The van der Waals surface area contributed by atoms with Crippen LogP contribution in [-0.2, 0) is 13.5 Å². The quantitative estimate of drug-likeness (QED) is 0.741. The Morgan fingerprint density at radius 1 is 1.60 bits per heavy atom. The molecule has 0 fully saturated rings. The number of hydrogen-bond donors (Lipinski definition) is 1. The van der Waals surface area contributed by atoms with E-state index in [0.29, 0.717) is 6.42 Å². The normalized spacial score (nSPS) is 12.4. The fraction of sp³-hybridized carbons (Fsp3) is 0.583. The lowest BCUT2D eigenvalue weighted by Crippen LogP contribution is -2.21. The van der Waals surface area contributed by atoms with Gasteiger partial charge in [0, 0.05) is 31.3 Å². The van der Waals surface area contributed by atoms with E-state index >= 15 is 0 Å². The van der Waals surface area contributed by atoms with Crippen LogP contribution in [0.15, 0.2) is 6.20 Å². The maximum Gasteiger partial charge on any atom is 0.0669 e. The molecular formula is C12H19N3. The van der Waals surface area contributed by atoms with Gasteiger partial charge in [-0.05, 0) is 13.0 Å². The van der Waals surface area contributed by atoms with Crippen LogP contribution in [-0.4, -0.2) is 16.3 Å². The van der Waals surface area contributed by atoms with Gasteiger partial charge in [-0.1, -0.05) is 13.8 Å². The predicted octanol–water partition coefficient (Wildman–Crippen LogP) is 1.66. The maximum atomic E-state index is 5.38. The third-order valence-corrected chi connectivity index (χ3v) is 2.42. The molecule has 1 atom stereocenters. The molecule has 1 heterocycles. The van der Waals surface area contributed by atoms with Crippen LogP contribution in [0.3, 0.4) is 0 Å². The second kappa shape index (κ2) is 5.57. The summed E-state index contributed by atoms with van der Waals surface area (Å²) >= 11 is 0. The highest BCUT2D eigenvalue weighted by Crippen LogP contribution is 2.20. The zero-order valence-electron chi connectivity index (χ0n) is 9.75. The molecule has 0 radical (unpaired) electrons. The van der Waals surface area contributed by atoms with Crippen molar-refractivity contribution in [2.24, 2.45) is 7.05 Å². The number of aromatic nitrogens is 2. The standard InChI is InChI=1S/C12H19N3/c1-5-8-12(13-7-3)10-9-15(4)14-11(10)6-2/h1,9,12-13H,6-8H2,2-4H3. The topological polar surface area (TPSA) is 29.9 Å². The first-order valence-corrected chi connectivity index (χ1v) is 5.42. The molecule has 1 unspecified atom stereocenters. The van der Waals surface area contributed by atoms with E-state index in [4.69, 9.17) is 6.42 Å². The molecule has 0 saturated heterocycles. The third-order valence-electron chi connectivity index (χ3n) is 2.42. The molecule has 1 aromatic rings. The van der Waals surface area contributed by atoms with Crippen molar-refractivity contribution in [2.45, 2.75) is 32.7 Å². The Hall–Kier alpha value is -1.27. The predicted molar refractivity (Wildman–Crippen MR) is 62.5 cm³/mol. The van der Waals surface area contributed by atoms with Gasteiger partial charge < -0.3 is 5.32 Å². The zero-order chi connectivity index (χ0) is 11.3. The minimum Gasteiger partial charge on any atom is -0.309 e. The molecule has 0 bridgehead atoms. The molecule has 15 heavy (non-hydrogen) atoms. The van der Waals surface area contributed by atoms with E-state index in [1.54, 1.807) is 0 Å². The molecule has 0 aliphatic rings. The highest BCUT2D eigenvalue weighted by atomic mass is 15.3. The average molecular weight is 205 g/mol. The lowest BCUT2D eigenvalue weighted by atomic mass is 10.0. The summed E-state index contributed by atoms with van der Waals surface area (Å²) in [7, 11) is 1.95. The minimum atomic E-state index is 0.239. The Balaban J connectivity index is 2.93. The molecule has 0 aromatic carbocycles. The Kier molecular flexibility index (Phi) is 4.38. The summed E-state index contributed by atoms with van der Waals surface area (Å²) in [6.07, 6.45) is 9.10. The van der Waals surface area contributed by atoms with Gasteiger partial charge >= 0.3 is 0 Å². The number of hydrogen-bond acceptors (Lipinski definition) is 2. The summed E-state index contributed by atoms with van der Waals surface area (Å²) in [5, 5.41) is 7.81. The van der Waals surface area contributed by atoms with Crippen molar-refractivity contribution in [3.05, 3.63) is 17.5 Å². The maximum absolute atomic E-state index is 5.38. The van der Waals surface area contributed by atoms with E-state index in [1.165, 1.54) is 5.56 Å². The highest BCUT2D eigenvalue weighted by Gasteiger charge is 2.15. The van der Waals surface area contributed by atoms with E-state index in [-0.39, 0.29) is 6.04 Å². The van der Waals surface area contributed by atoms with Crippen LogP contribution in [0.2, 0.25) is 0 Å². The smallest absolute Gasteiger partial charge is 0.0669 e. The molecule has 1 rings (SSSR count). The summed E-state index contributed by atoms with van der Waals surface area (Å²) in [5.41, 5.74) is 2.37. The molecule has 82 valence electrons. The number of nitrogens with one attached hydrogen (secondary N) is 1. The monoisotopic (exact) mass is 205 g/mol. The van der Waals surface area contributed by atoms with Crippen molar-refractivity contribution in [1.82, 2.24) is 15.1 Å². The van der Waals surface area contributed by atoms with Crippen LogP contribution in [0, 0.1) is 12.3 Å². The van der Waals surface area contributed by atoms with Crippen molar-refractivity contribution in [3.8, 4) is 12.3 Å². The Morgan fingerprint density at radius 3 is 2.87 bits per heavy atom. The Bertz CT molecular complexity index is 346. The second-order valence-electron chi connectivity index (χ2n) is 3.58. The molecular weight excluding hydrogens is 186 g/mol. The molecule has 0 aliphatic carbocycles. The van der Waals surface area contributed by atoms with Gasteiger partial charge in [-0.3, -0.25) is 4.68 Å². The molecule has 3 heteroatoms. The van der Waals surface area contributed by atoms with Gasteiger partial charge in [0.05, 0.1) is 5.69 Å². The van der Waals surface area contributed by atoms with Crippen LogP contribution in [0.4, 0.5) is 0 Å². The molecule has 0 aliphatic heterocycles. The van der Waals surface area contributed by atoms with E-state index < -0.39 is 0 Å².